The number of hydrogen-bond donors (Lipinski definition) is 4. The largest absolute Gasteiger partial charge is 0.478 e. The predicted octanol–water partition coefficient (Wildman–Crippen LogP) is 10.1. The number of carbonyl (C=O) groups is 4. The lowest BCUT2D eigenvalue weighted by atomic mass is 9.81. The summed E-state index contributed by atoms with van der Waals surface area (Å²) >= 11 is 0. The molecule has 0 fully saturated rings. The summed E-state index contributed by atoms with van der Waals surface area (Å²) in [6.07, 6.45) is 0. The van der Waals surface area contributed by atoms with Gasteiger partial charge in [0.1, 0.15) is 0 Å². The van der Waals surface area contributed by atoms with Gasteiger partial charge < -0.3 is 20.4 Å². The van der Waals surface area contributed by atoms with E-state index < -0.39 is 23.9 Å². The van der Waals surface area contributed by atoms with Gasteiger partial charge in [-0.25, -0.2) is 19.2 Å². The van der Waals surface area contributed by atoms with Crippen molar-refractivity contribution >= 4 is 67.0 Å². The Kier molecular flexibility index (Phi) is 7.50. The Morgan fingerprint density at radius 1 is 0.308 bits per heavy atom. The van der Waals surface area contributed by atoms with Gasteiger partial charge >= 0.3 is 23.9 Å². The molecule has 0 amide bonds. The van der Waals surface area contributed by atoms with Crippen LogP contribution in [0.4, 0.5) is 0 Å². The van der Waals surface area contributed by atoms with Gasteiger partial charge in [0.2, 0.25) is 0 Å². The van der Waals surface area contributed by atoms with E-state index >= 15 is 0 Å². The second kappa shape index (κ2) is 12.2. The van der Waals surface area contributed by atoms with E-state index in [0.29, 0.717) is 43.4 Å². The summed E-state index contributed by atoms with van der Waals surface area (Å²) in [6.45, 7) is 0. The smallest absolute Gasteiger partial charge is 0.336 e. The summed E-state index contributed by atoms with van der Waals surface area (Å²) in [4.78, 5) is 51.8. The Hall–Kier alpha value is -7.32. The van der Waals surface area contributed by atoms with Gasteiger partial charge in [0.05, 0.1) is 22.3 Å². The lowest BCUT2D eigenvalue weighted by Crippen LogP contribution is -2.08. The number of benzene rings is 8. The SMILES string of the molecule is O=C(O)c1ccc2ccccc2c1-c1c(C(=O)O)cc(-c2cc(C(=O)O)c(-c3c(C(=O)O)ccc4ccccc34)c3ccccc23)c2ccccc12. The van der Waals surface area contributed by atoms with E-state index in [4.69, 9.17) is 0 Å². The van der Waals surface area contributed by atoms with E-state index in [1.807, 2.05) is 24.3 Å². The molecule has 0 aliphatic heterocycles. The highest BCUT2D eigenvalue weighted by atomic mass is 16.4. The Bertz CT molecular complexity index is 2670. The van der Waals surface area contributed by atoms with Gasteiger partial charge in [-0.1, -0.05) is 109 Å². The fourth-order valence-electron chi connectivity index (χ4n) is 7.51. The molecule has 0 bridgehead atoms. The fraction of sp³-hybridized carbons (Fsp3) is 0. The fourth-order valence-corrected chi connectivity index (χ4v) is 7.51. The van der Waals surface area contributed by atoms with E-state index in [9.17, 15) is 39.6 Å². The van der Waals surface area contributed by atoms with Crippen molar-refractivity contribution in [2.75, 3.05) is 0 Å². The number of hydrogen-bond acceptors (Lipinski definition) is 4. The zero-order valence-electron chi connectivity index (χ0n) is 27.1. The molecule has 0 aromatic heterocycles. The average Bonchev–Trinajstić information content (AvgIpc) is 3.15. The number of carboxylic acids is 4. The van der Waals surface area contributed by atoms with Crippen LogP contribution in [0, 0.1) is 0 Å². The van der Waals surface area contributed by atoms with Crippen LogP contribution in [-0.4, -0.2) is 44.3 Å². The van der Waals surface area contributed by atoms with Crippen LogP contribution in [-0.2, 0) is 0 Å². The van der Waals surface area contributed by atoms with Crippen molar-refractivity contribution in [1.82, 2.24) is 0 Å². The molecule has 52 heavy (non-hydrogen) atoms. The van der Waals surface area contributed by atoms with Crippen LogP contribution >= 0.6 is 0 Å². The first-order valence-corrected chi connectivity index (χ1v) is 16.2. The molecule has 0 heterocycles. The highest BCUT2D eigenvalue weighted by Crippen LogP contribution is 2.47. The maximum atomic E-state index is 13.2. The third-order valence-electron chi connectivity index (χ3n) is 9.66. The molecule has 250 valence electrons. The van der Waals surface area contributed by atoms with E-state index in [2.05, 4.69) is 0 Å². The third kappa shape index (κ3) is 4.93. The second-order valence-corrected chi connectivity index (χ2v) is 12.4. The molecular weight excluding hydrogens is 656 g/mol. The van der Waals surface area contributed by atoms with E-state index in [1.165, 1.54) is 24.3 Å². The van der Waals surface area contributed by atoms with Crippen molar-refractivity contribution in [1.29, 1.82) is 0 Å². The van der Waals surface area contributed by atoms with E-state index in [1.54, 1.807) is 84.9 Å². The standard InChI is InChI=1S/C44H26O8/c45-41(46)31-19-17-23-9-1-3-11-25(23)37(31)39-29-15-7-5-13-27(29)33(21-35(39)43(49)50)34-22-36(44(51)52)40(30-16-8-6-14-28(30)34)38-26-12-4-2-10-24(26)18-20-32(38)42(47)48/h1-22H,(H,45,46)(H,47,48)(H,49,50)(H,51,52). The molecule has 0 atom stereocenters. The molecule has 0 radical (unpaired) electrons. The highest BCUT2D eigenvalue weighted by Gasteiger charge is 2.28. The summed E-state index contributed by atoms with van der Waals surface area (Å²) in [5.74, 6) is -5.03. The molecule has 8 aromatic rings. The molecule has 0 unspecified atom stereocenters. The summed E-state index contributed by atoms with van der Waals surface area (Å²) in [5, 5.41) is 46.9. The minimum atomic E-state index is -1.30. The van der Waals surface area contributed by atoms with Gasteiger partial charge in [-0.2, -0.15) is 0 Å². The Morgan fingerprint density at radius 3 is 0.942 bits per heavy atom. The minimum absolute atomic E-state index is 0.0635. The van der Waals surface area contributed by atoms with Gasteiger partial charge in [-0.05, 0) is 78.5 Å². The van der Waals surface area contributed by atoms with Crippen LogP contribution in [0.3, 0.4) is 0 Å². The van der Waals surface area contributed by atoms with Crippen LogP contribution < -0.4 is 0 Å². The highest BCUT2D eigenvalue weighted by molar-refractivity contribution is 6.23. The van der Waals surface area contributed by atoms with Crippen molar-refractivity contribution in [3.63, 3.8) is 0 Å². The van der Waals surface area contributed by atoms with Crippen molar-refractivity contribution in [2.45, 2.75) is 0 Å². The van der Waals surface area contributed by atoms with Gasteiger partial charge in [-0.3, -0.25) is 0 Å². The van der Waals surface area contributed by atoms with Crippen molar-refractivity contribution in [2.24, 2.45) is 0 Å². The lowest BCUT2D eigenvalue weighted by molar-refractivity contribution is 0.0684. The number of carboxylic acid groups (broad SMARTS) is 4. The monoisotopic (exact) mass is 682 g/mol. The molecule has 0 aliphatic rings. The number of fused-ring (bicyclic) bond motifs is 4. The normalized spacial score (nSPS) is 11.3. The third-order valence-corrected chi connectivity index (χ3v) is 9.66. The molecule has 0 saturated heterocycles. The van der Waals surface area contributed by atoms with Crippen LogP contribution in [0.25, 0.3) is 76.5 Å². The van der Waals surface area contributed by atoms with Crippen LogP contribution in [0.5, 0.6) is 0 Å². The molecular formula is C44H26O8. The van der Waals surface area contributed by atoms with Crippen molar-refractivity contribution < 1.29 is 39.6 Å². The lowest BCUT2D eigenvalue weighted by Gasteiger charge is -2.21. The van der Waals surface area contributed by atoms with Crippen molar-refractivity contribution in [3.8, 4) is 33.4 Å². The van der Waals surface area contributed by atoms with Gasteiger partial charge in [0.25, 0.3) is 0 Å². The maximum absolute atomic E-state index is 13.2. The topological polar surface area (TPSA) is 149 Å². The summed E-state index contributed by atoms with van der Waals surface area (Å²) in [7, 11) is 0. The quantitative estimate of drug-likeness (QED) is 0.130. The Balaban J connectivity index is 1.53. The Morgan fingerprint density at radius 2 is 0.596 bits per heavy atom. The van der Waals surface area contributed by atoms with Gasteiger partial charge in [0.15, 0.2) is 0 Å². The van der Waals surface area contributed by atoms with Gasteiger partial charge in [-0.15, -0.1) is 0 Å². The molecule has 0 saturated carbocycles. The molecule has 8 rings (SSSR count). The molecule has 8 heteroatoms. The summed E-state index contributed by atoms with van der Waals surface area (Å²) in [6, 6.07) is 37.7. The zero-order valence-corrected chi connectivity index (χ0v) is 27.1. The number of rotatable bonds is 7. The number of aromatic carboxylic acids is 4. The summed E-state index contributed by atoms with van der Waals surface area (Å²) in [5.41, 5.74) is 1.33. The van der Waals surface area contributed by atoms with E-state index in [0.717, 1.165) is 10.8 Å². The molecule has 8 aromatic carbocycles. The average molecular weight is 683 g/mol. The van der Waals surface area contributed by atoms with Crippen LogP contribution in [0.2, 0.25) is 0 Å². The molecule has 0 aliphatic carbocycles. The predicted molar refractivity (Wildman–Crippen MR) is 201 cm³/mol. The van der Waals surface area contributed by atoms with Gasteiger partial charge in [0, 0.05) is 22.3 Å². The van der Waals surface area contributed by atoms with E-state index in [-0.39, 0.29) is 44.5 Å². The second-order valence-electron chi connectivity index (χ2n) is 12.4. The Labute approximate surface area is 295 Å². The first kappa shape index (κ1) is 31.9. The molecule has 4 N–H and O–H groups in total. The molecule has 8 nitrogen and oxygen atoms in total. The maximum Gasteiger partial charge on any atom is 0.336 e. The first-order chi connectivity index (χ1) is 25.2. The summed E-state index contributed by atoms with van der Waals surface area (Å²) < 4.78 is 0. The van der Waals surface area contributed by atoms with Crippen molar-refractivity contribution in [3.05, 3.63) is 156 Å². The zero-order chi connectivity index (χ0) is 36.3. The molecule has 0 spiro atoms. The first-order valence-electron chi connectivity index (χ1n) is 16.2. The minimum Gasteiger partial charge on any atom is -0.478 e. The van der Waals surface area contributed by atoms with Crippen LogP contribution in [0.1, 0.15) is 41.4 Å². The van der Waals surface area contributed by atoms with Crippen LogP contribution in [0.15, 0.2) is 133 Å².